The quantitative estimate of drug-likeness (QED) is 0.731. The van der Waals surface area contributed by atoms with Crippen molar-refractivity contribution in [2.24, 2.45) is 0 Å². The van der Waals surface area contributed by atoms with Crippen molar-refractivity contribution in [3.05, 3.63) is 48.0 Å². The van der Waals surface area contributed by atoms with Crippen LogP contribution in [0.2, 0.25) is 0 Å². The van der Waals surface area contributed by atoms with Gasteiger partial charge in [0.25, 0.3) is 5.91 Å². The van der Waals surface area contributed by atoms with Crippen molar-refractivity contribution < 1.29 is 18.8 Å². The topological polar surface area (TPSA) is 107 Å². The molecule has 0 aliphatic rings. The van der Waals surface area contributed by atoms with Crippen molar-refractivity contribution in [1.82, 2.24) is 15.1 Å². The molecule has 23 heavy (non-hydrogen) atoms. The van der Waals surface area contributed by atoms with Crippen molar-refractivity contribution in [3.8, 4) is 0 Å². The number of hydrogen-bond acceptors (Lipinski definition) is 7. The van der Waals surface area contributed by atoms with E-state index in [4.69, 9.17) is 9.26 Å². The summed E-state index contributed by atoms with van der Waals surface area (Å²) in [4.78, 5) is 31.8. The minimum atomic E-state index is -0.727. The first-order chi connectivity index (χ1) is 11.1. The number of rotatable bonds is 4. The van der Waals surface area contributed by atoms with E-state index in [-0.39, 0.29) is 11.5 Å². The average Bonchev–Trinajstić information content (AvgIpc) is 2.97. The molecule has 0 saturated heterocycles. The van der Waals surface area contributed by atoms with Gasteiger partial charge in [-0.25, -0.2) is 9.78 Å². The molecule has 0 fully saturated rings. The fourth-order valence-electron chi connectivity index (χ4n) is 1.86. The van der Waals surface area contributed by atoms with Gasteiger partial charge in [0.1, 0.15) is 5.76 Å². The third-order valence-electron chi connectivity index (χ3n) is 2.89. The van der Waals surface area contributed by atoms with Crippen LogP contribution < -0.4 is 5.32 Å². The zero-order valence-corrected chi connectivity index (χ0v) is 12.1. The number of aromatic nitrogens is 3. The van der Waals surface area contributed by atoms with Crippen molar-refractivity contribution in [3.63, 3.8) is 0 Å². The molecule has 0 aliphatic carbocycles. The third-order valence-corrected chi connectivity index (χ3v) is 2.89. The number of carbonyl (C=O) groups is 2. The zero-order chi connectivity index (χ0) is 16.2. The summed E-state index contributed by atoms with van der Waals surface area (Å²) in [5, 5.41) is 6.05. The maximum atomic E-state index is 11.9. The van der Waals surface area contributed by atoms with Gasteiger partial charge in [-0.1, -0.05) is 17.3 Å². The molecule has 2 heterocycles. The summed E-state index contributed by atoms with van der Waals surface area (Å²) in [6, 6.07) is 8.68. The van der Waals surface area contributed by atoms with Gasteiger partial charge in [0.2, 0.25) is 0 Å². The second kappa shape index (κ2) is 6.22. The van der Waals surface area contributed by atoms with Gasteiger partial charge in [0.15, 0.2) is 18.1 Å². The van der Waals surface area contributed by atoms with Crippen molar-refractivity contribution in [2.45, 2.75) is 6.92 Å². The molecule has 2 aromatic heterocycles. The molecule has 8 nitrogen and oxygen atoms in total. The molecule has 1 N–H and O–H groups in total. The summed E-state index contributed by atoms with van der Waals surface area (Å²) in [5.41, 5.74) is 1.28. The van der Waals surface area contributed by atoms with E-state index in [1.807, 2.05) is 6.07 Å². The van der Waals surface area contributed by atoms with Crippen molar-refractivity contribution in [2.75, 3.05) is 11.9 Å². The Morgan fingerprint density at radius 3 is 2.78 bits per heavy atom. The first-order valence-electron chi connectivity index (χ1n) is 6.74. The molecular formula is C15H12N4O4. The highest BCUT2D eigenvalue weighted by Crippen LogP contribution is 2.09. The fourth-order valence-corrected chi connectivity index (χ4v) is 1.86. The normalized spacial score (nSPS) is 10.5. The summed E-state index contributed by atoms with van der Waals surface area (Å²) in [6.07, 6.45) is 1.31. The third kappa shape index (κ3) is 3.49. The van der Waals surface area contributed by atoms with Crippen LogP contribution in [0.1, 0.15) is 16.2 Å². The highest BCUT2D eigenvalue weighted by atomic mass is 16.5. The number of anilines is 1. The number of aryl methyl sites for hydroxylation is 1. The van der Waals surface area contributed by atoms with Crippen molar-refractivity contribution in [1.29, 1.82) is 0 Å². The molecule has 8 heteroatoms. The maximum absolute atomic E-state index is 11.9. The van der Waals surface area contributed by atoms with E-state index in [2.05, 4.69) is 20.4 Å². The van der Waals surface area contributed by atoms with E-state index >= 15 is 0 Å². The Labute approximate surface area is 130 Å². The highest BCUT2D eigenvalue weighted by Gasteiger charge is 2.14. The lowest BCUT2D eigenvalue weighted by atomic mass is 10.3. The smallest absolute Gasteiger partial charge is 0.359 e. The molecule has 0 bridgehead atoms. The predicted molar refractivity (Wildman–Crippen MR) is 79.7 cm³/mol. The molecule has 0 atom stereocenters. The van der Waals surface area contributed by atoms with Crippen LogP contribution in [0, 0.1) is 6.92 Å². The Bertz CT molecular complexity index is 875. The zero-order valence-electron chi connectivity index (χ0n) is 12.1. The molecule has 3 rings (SSSR count). The number of esters is 1. The standard InChI is InChI=1S/C15H12N4O4/c1-9-6-13(19-23-9)18-14(20)8-22-15(21)12-7-16-10-4-2-3-5-11(10)17-12/h2-7H,8H2,1H3,(H,18,19,20). The highest BCUT2D eigenvalue weighted by molar-refractivity contribution is 5.94. The van der Waals surface area contributed by atoms with Gasteiger partial charge in [-0.2, -0.15) is 0 Å². The Kier molecular flexibility index (Phi) is 3.96. The van der Waals surface area contributed by atoms with E-state index in [1.165, 1.54) is 6.20 Å². The second-order valence-electron chi connectivity index (χ2n) is 4.69. The van der Waals surface area contributed by atoms with Gasteiger partial charge in [-0.05, 0) is 19.1 Å². The number of benzene rings is 1. The lowest BCUT2D eigenvalue weighted by Gasteiger charge is -2.04. The molecule has 1 amide bonds. The van der Waals surface area contributed by atoms with E-state index < -0.39 is 18.5 Å². The molecule has 3 aromatic rings. The Morgan fingerprint density at radius 2 is 2.04 bits per heavy atom. The number of ether oxygens (including phenoxy) is 1. The van der Waals surface area contributed by atoms with Gasteiger partial charge in [0, 0.05) is 6.07 Å². The molecule has 0 spiro atoms. The van der Waals surface area contributed by atoms with Crippen LogP contribution in [0.15, 0.2) is 41.1 Å². The SMILES string of the molecule is Cc1cc(NC(=O)COC(=O)c2cnc3ccccc3n2)no1. The van der Waals surface area contributed by atoms with Crippen LogP contribution in [-0.4, -0.2) is 33.6 Å². The van der Waals surface area contributed by atoms with E-state index in [1.54, 1.807) is 31.2 Å². The van der Waals surface area contributed by atoms with E-state index in [0.29, 0.717) is 16.8 Å². The number of amides is 1. The molecule has 0 aliphatic heterocycles. The lowest BCUT2D eigenvalue weighted by molar-refractivity contribution is -0.119. The summed E-state index contributed by atoms with van der Waals surface area (Å²) in [7, 11) is 0. The predicted octanol–water partition coefficient (Wildman–Crippen LogP) is 1.72. The van der Waals surface area contributed by atoms with Crippen molar-refractivity contribution >= 4 is 28.7 Å². The Balaban J connectivity index is 1.60. The summed E-state index contributed by atoms with van der Waals surface area (Å²) < 4.78 is 9.72. The molecule has 116 valence electrons. The summed E-state index contributed by atoms with van der Waals surface area (Å²) in [5.74, 6) is -0.437. The Morgan fingerprint density at radius 1 is 1.26 bits per heavy atom. The minimum absolute atomic E-state index is 0.0359. The van der Waals surface area contributed by atoms with Gasteiger partial charge in [0.05, 0.1) is 17.2 Å². The maximum Gasteiger partial charge on any atom is 0.359 e. The average molecular weight is 312 g/mol. The number of para-hydroxylation sites is 2. The molecule has 0 unspecified atom stereocenters. The van der Waals surface area contributed by atoms with Gasteiger partial charge in [-0.3, -0.25) is 9.78 Å². The summed E-state index contributed by atoms with van der Waals surface area (Å²) in [6.45, 7) is 1.24. The summed E-state index contributed by atoms with van der Waals surface area (Å²) >= 11 is 0. The molecule has 0 radical (unpaired) electrons. The number of nitrogens with one attached hydrogen (secondary N) is 1. The minimum Gasteiger partial charge on any atom is -0.451 e. The molecule has 0 saturated carbocycles. The van der Waals surface area contributed by atoms with E-state index in [0.717, 1.165) is 0 Å². The van der Waals surface area contributed by atoms with Crippen LogP contribution in [0.4, 0.5) is 5.82 Å². The monoisotopic (exact) mass is 312 g/mol. The molecule has 1 aromatic carbocycles. The van der Waals surface area contributed by atoms with Crippen LogP contribution in [0.3, 0.4) is 0 Å². The number of carbonyl (C=O) groups excluding carboxylic acids is 2. The van der Waals surface area contributed by atoms with Crippen LogP contribution in [0.5, 0.6) is 0 Å². The second-order valence-corrected chi connectivity index (χ2v) is 4.69. The largest absolute Gasteiger partial charge is 0.451 e. The first-order valence-corrected chi connectivity index (χ1v) is 6.74. The van der Waals surface area contributed by atoms with E-state index in [9.17, 15) is 9.59 Å². The van der Waals surface area contributed by atoms with Crippen LogP contribution >= 0.6 is 0 Å². The number of hydrogen-bond donors (Lipinski definition) is 1. The fraction of sp³-hybridized carbons (Fsp3) is 0.133. The first kappa shape index (κ1) is 14.6. The number of fused-ring (bicyclic) bond motifs is 1. The van der Waals surface area contributed by atoms with Gasteiger partial charge >= 0.3 is 5.97 Å². The van der Waals surface area contributed by atoms with Crippen LogP contribution in [-0.2, 0) is 9.53 Å². The molecular weight excluding hydrogens is 300 g/mol. The van der Waals surface area contributed by atoms with Gasteiger partial charge < -0.3 is 14.6 Å². The van der Waals surface area contributed by atoms with Crippen LogP contribution in [0.25, 0.3) is 11.0 Å². The number of nitrogens with zero attached hydrogens (tertiary/aromatic N) is 3. The Hall–Kier alpha value is -3.29. The lowest BCUT2D eigenvalue weighted by Crippen LogP contribution is -2.21. The van der Waals surface area contributed by atoms with Gasteiger partial charge in [-0.15, -0.1) is 0 Å².